The van der Waals surface area contributed by atoms with Crippen molar-refractivity contribution in [3.8, 4) is 0 Å². The molecule has 0 saturated carbocycles. The van der Waals surface area contributed by atoms with E-state index in [1.807, 2.05) is 0 Å². The summed E-state index contributed by atoms with van der Waals surface area (Å²) in [6.45, 7) is 1.21. The fourth-order valence-electron chi connectivity index (χ4n) is 1.09. The molecular formula is C7H15O5P. The lowest BCUT2D eigenvalue weighted by Gasteiger charge is -2.15. The quantitative estimate of drug-likeness (QED) is 0.639. The average Bonchev–Trinajstić information content (AvgIpc) is 2.67. The van der Waals surface area contributed by atoms with Crippen LogP contribution in [0.5, 0.6) is 0 Å². The highest BCUT2D eigenvalue weighted by atomic mass is 31.2. The molecule has 0 radical (unpaired) electrons. The first-order chi connectivity index (χ1) is 6.20. The Morgan fingerprint density at radius 1 is 1.31 bits per heavy atom. The second-order valence-electron chi connectivity index (χ2n) is 2.66. The third-order valence-corrected chi connectivity index (χ3v) is 3.80. The SMILES string of the molecule is COP(=O)(CCC1OCCO1)OC. The Balaban J connectivity index is 2.27. The summed E-state index contributed by atoms with van der Waals surface area (Å²) in [5.74, 6) is 0. The van der Waals surface area contributed by atoms with Crippen molar-refractivity contribution in [1.82, 2.24) is 0 Å². The summed E-state index contributed by atoms with van der Waals surface area (Å²) in [5, 5.41) is 0. The van der Waals surface area contributed by atoms with E-state index >= 15 is 0 Å². The van der Waals surface area contributed by atoms with Crippen molar-refractivity contribution in [2.24, 2.45) is 0 Å². The molecule has 0 aliphatic carbocycles. The molecule has 0 amide bonds. The Bertz CT molecular complexity index is 181. The summed E-state index contributed by atoms with van der Waals surface area (Å²) in [5.41, 5.74) is 0. The maximum absolute atomic E-state index is 11.6. The summed E-state index contributed by atoms with van der Waals surface area (Å²) in [4.78, 5) is 0. The standard InChI is InChI=1S/C7H15O5P/c1-9-13(8,10-2)6-3-7-11-4-5-12-7/h7H,3-6H2,1-2H3. The van der Waals surface area contributed by atoms with Gasteiger partial charge >= 0.3 is 7.60 Å². The van der Waals surface area contributed by atoms with Gasteiger partial charge in [0.2, 0.25) is 0 Å². The van der Waals surface area contributed by atoms with Gasteiger partial charge in [0, 0.05) is 20.6 Å². The molecule has 0 unspecified atom stereocenters. The molecule has 1 fully saturated rings. The van der Waals surface area contributed by atoms with E-state index in [1.54, 1.807) is 0 Å². The van der Waals surface area contributed by atoms with Gasteiger partial charge in [-0.3, -0.25) is 4.57 Å². The smallest absolute Gasteiger partial charge is 0.330 e. The molecule has 0 aromatic heterocycles. The van der Waals surface area contributed by atoms with Crippen molar-refractivity contribution in [2.75, 3.05) is 33.6 Å². The summed E-state index contributed by atoms with van der Waals surface area (Å²) >= 11 is 0. The van der Waals surface area contributed by atoms with Gasteiger partial charge in [-0.25, -0.2) is 0 Å². The highest BCUT2D eigenvalue weighted by Crippen LogP contribution is 2.47. The Hall–Kier alpha value is 0.0700. The molecule has 13 heavy (non-hydrogen) atoms. The third kappa shape index (κ3) is 3.37. The molecule has 0 bridgehead atoms. The second-order valence-corrected chi connectivity index (χ2v) is 5.06. The zero-order chi connectivity index (χ0) is 9.73. The van der Waals surface area contributed by atoms with Crippen molar-refractivity contribution < 1.29 is 23.1 Å². The fraction of sp³-hybridized carbons (Fsp3) is 1.00. The van der Waals surface area contributed by atoms with Crippen LogP contribution in [0, 0.1) is 0 Å². The minimum atomic E-state index is -2.89. The van der Waals surface area contributed by atoms with Gasteiger partial charge in [-0.15, -0.1) is 0 Å². The summed E-state index contributed by atoms with van der Waals surface area (Å²) < 4.78 is 31.5. The van der Waals surface area contributed by atoms with Crippen LogP contribution in [0.3, 0.4) is 0 Å². The van der Waals surface area contributed by atoms with Crippen LogP contribution in [0.1, 0.15) is 6.42 Å². The summed E-state index contributed by atoms with van der Waals surface area (Å²) in [7, 11) is -0.142. The van der Waals surface area contributed by atoms with Crippen LogP contribution in [0.2, 0.25) is 0 Å². The summed E-state index contributed by atoms with van der Waals surface area (Å²) in [6.07, 6.45) is 0.613. The molecule has 1 rings (SSSR count). The van der Waals surface area contributed by atoms with Crippen molar-refractivity contribution in [1.29, 1.82) is 0 Å². The lowest BCUT2D eigenvalue weighted by Crippen LogP contribution is -2.10. The molecule has 0 spiro atoms. The van der Waals surface area contributed by atoms with E-state index in [1.165, 1.54) is 14.2 Å². The van der Waals surface area contributed by atoms with Gasteiger partial charge in [-0.1, -0.05) is 0 Å². The topological polar surface area (TPSA) is 54.0 Å². The van der Waals surface area contributed by atoms with Crippen LogP contribution in [0.25, 0.3) is 0 Å². The molecular weight excluding hydrogens is 195 g/mol. The Labute approximate surface area is 77.8 Å². The predicted molar refractivity (Wildman–Crippen MR) is 46.8 cm³/mol. The molecule has 0 aromatic carbocycles. The average molecular weight is 210 g/mol. The van der Waals surface area contributed by atoms with E-state index < -0.39 is 7.60 Å². The highest BCUT2D eigenvalue weighted by molar-refractivity contribution is 7.53. The van der Waals surface area contributed by atoms with Crippen LogP contribution in [-0.4, -0.2) is 39.9 Å². The molecule has 6 heteroatoms. The van der Waals surface area contributed by atoms with Gasteiger partial charge in [-0.2, -0.15) is 0 Å². The number of hydrogen-bond donors (Lipinski definition) is 0. The second kappa shape index (κ2) is 5.08. The van der Waals surface area contributed by atoms with E-state index in [2.05, 4.69) is 0 Å². The minimum Gasteiger partial charge on any atom is -0.350 e. The molecule has 1 heterocycles. The Kier molecular flexibility index (Phi) is 4.35. The largest absolute Gasteiger partial charge is 0.350 e. The molecule has 1 aliphatic heterocycles. The van der Waals surface area contributed by atoms with Crippen LogP contribution in [0.4, 0.5) is 0 Å². The zero-order valence-corrected chi connectivity index (χ0v) is 8.79. The maximum Gasteiger partial charge on any atom is 0.330 e. The Morgan fingerprint density at radius 3 is 2.31 bits per heavy atom. The highest BCUT2D eigenvalue weighted by Gasteiger charge is 2.25. The first-order valence-electron chi connectivity index (χ1n) is 4.14. The molecule has 0 aromatic rings. The van der Waals surface area contributed by atoms with Gasteiger partial charge in [0.25, 0.3) is 0 Å². The van der Waals surface area contributed by atoms with Crippen molar-refractivity contribution in [3.63, 3.8) is 0 Å². The van der Waals surface area contributed by atoms with Gasteiger partial charge in [-0.05, 0) is 0 Å². The van der Waals surface area contributed by atoms with Crippen molar-refractivity contribution >= 4 is 7.60 Å². The molecule has 1 aliphatic rings. The van der Waals surface area contributed by atoms with E-state index in [4.69, 9.17) is 18.5 Å². The van der Waals surface area contributed by atoms with Crippen LogP contribution >= 0.6 is 7.60 Å². The van der Waals surface area contributed by atoms with E-state index in [9.17, 15) is 4.57 Å². The molecule has 1 saturated heterocycles. The first kappa shape index (κ1) is 11.1. The van der Waals surface area contributed by atoms with Gasteiger partial charge in [0.1, 0.15) is 0 Å². The van der Waals surface area contributed by atoms with Crippen LogP contribution < -0.4 is 0 Å². The molecule has 78 valence electrons. The molecule has 0 atom stereocenters. The maximum atomic E-state index is 11.6. The predicted octanol–water partition coefficient (Wildman–Crippen LogP) is 1.24. The number of rotatable bonds is 5. The third-order valence-electron chi connectivity index (χ3n) is 1.89. The number of hydrogen-bond acceptors (Lipinski definition) is 5. The normalized spacial score (nSPS) is 19.5. The van der Waals surface area contributed by atoms with E-state index in [0.717, 1.165) is 0 Å². The van der Waals surface area contributed by atoms with Gasteiger partial charge < -0.3 is 18.5 Å². The van der Waals surface area contributed by atoms with Gasteiger partial charge in [0.05, 0.1) is 19.4 Å². The van der Waals surface area contributed by atoms with E-state index in [-0.39, 0.29) is 6.29 Å². The van der Waals surface area contributed by atoms with Crippen molar-refractivity contribution in [3.05, 3.63) is 0 Å². The first-order valence-corrected chi connectivity index (χ1v) is 5.87. The molecule has 0 N–H and O–H groups in total. The van der Waals surface area contributed by atoms with Gasteiger partial charge in [0.15, 0.2) is 6.29 Å². The van der Waals surface area contributed by atoms with Crippen molar-refractivity contribution in [2.45, 2.75) is 12.7 Å². The fourth-order valence-corrected chi connectivity index (χ4v) is 2.14. The Morgan fingerprint density at radius 2 is 1.85 bits per heavy atom. The zero-order valence-electron chi connectivity index (χ0n) is 7.89. The van der Waals surface area contributed by atoms with Crippen LogP contribution in [-0.2, 0) is 23.1 Å². The van der Waals surface area contributed by atoms with E-state index in [0.29, 0.717) is 25.8 Å². The lowest BCUT2D eigenvalue weighted by atomic mass is 10.5. The molecule has 5 nitrogen and oxygen atoms in total. The van der Waals surface area contributed by atoms with Crippen LogP contribution in [0.15, 0.2) is 0 Å². The summed E-state index contributed by atoms with van der Waals surface area (Å²) in [6, 6.07) is 0. The monoisotopic (exact) mass is 210 g/mol. The number of ether oxygens (including phenoxy) is 2. The minimum absolute atomic E-state index is 0.251. The lowest BCUT2D eigenvalue weighted by molar-refractivity contribution is -0.0432.